The van der Waals surface area contributed by atoms with Crippen molar-refractivity contribution < 1.29 is 9.90 Å². The van der Waals surface area contributed by atoms with E-state index >= 15 is 0 Å². The number of aromatic hydroxyl groups is 1. The van der Waals surface area contributed by atoms with Crippen molar-refractivity contribution in [1.82, 2.24) is 9.88 Å². The van der Waals surface area contributed by atoms with Crippen molar-refractivity contribution in [2.24, 2.45) is 0 Å². The Kier molecular flexibility index (Phi) is 2.77. The van der Waals surface area contributed by atoms with E-state index in [1.54, 1.807) is 4.90 Å². The van der Waals surface area contributed by atoms with Crippen LogP contribution in [-0.2, 0) is 0 Å². The molecule has 0 spiro atoms. The number of hydrogen-bond donors (Lipinski definition) is 1. The first-order valence-corrected chi connectivity index (χ1v) is 5.18. The van der Waals surface area contributed by atoms with Crippen LogP contribution in [0.5, 0.6) is 5.75 Å². The van der Waals surface area contributed by atoms with Crippen LogP contribution in [0.3, 0.4) is 0 Å². The summed E-state index contributed by atoms with van der Waals surface area (Å²) in [6, 6.07) is 1.51. The highest BCUT2D eigenvalue weighted by molar-refractivity contribution is 6.21. The number of halogens is 1. The van der Waals surface area contributed by atoms with Gasteiger partial charge in [-0.25, -0.2) is 0 Å². The molecule has 1 saturated heterocycles. The third-order valence-corrected chi connectivity index (χ3v) is 2.80. The molecule has 1 aliphatic heterocycles. The van der Waals surface area contributed by atoms with Gasteiger partial charge in [0.2, 0.25) is 0 Å². The number of nitrogens with zero attached hydrogens (tertiary/aromatic N) is 2. The van der Waals surface area contributed by atoms with Gasteiger partial charge in [-0.2, -0.15) is 0 Å². The number of pyridine rings is 1. The predicted octanol–water partition coefficient (Wildman–Crippen LogP) is 1.24. The second-order valence-electron chi connectivity index (χ2n) is 3.53. The van der Waals surface area contributed by atoms with Crippen LogP contribution in [0.15, 0.2) is 18.5 Å². The van der Waals surface area contributed by atoms with E-state index in [9.17, 15) is 9.90 Å². The van der Waals surface area contributed by atoms with Gasteiger partial charge >= 0.3 is 0 Å². The van der Waals surface area contributed by atoms with Gasteiger partial charge in [0, 0.05) is 19.3 Å². The van der Waals surface area contributed by atoms with Gasteiger partial charge in [0.15, 0.2) is 0 Å². The molecule has 1 fully saturated rings. The number of amides is 1. The van der Waals surface area contributed by atoms with Crippen LogP contribution in [0.2, 0.25) is 0 Å². The van der Waals surface area contributed by atoms with Crippen LogP contribution < -0.4 is 0 Å². The van der Waals surface area contributed by atoms with Crippen LogP contribution in [0.4, 0.5) is 0 Å². The molecule has 5 heteroatoms. The number of carbonyl (C=O) groups is 1. The van der Waals surface area contributed by atoms with Gasteiger partial charge in [-0.1, -0.05) is 0 Å². The first-order valence-electron chi connectivity index (χ1n) is 4.75. The monoisotopic (exact) mass is 226 g/mol. The Morgan fingerprint density at radius 3 is 3.07 bits per heavy atom. The molecular weight excluding hydrogens is 216 g/mol. The summed E-state index contributed by atoms with van der Waals surface area (Å²) in [5.74, 6) is -0.265. The summed E-state index contributed by atoms with van der Waals surface area (Å²) in [4.78, 5) is 17.3. The van der Waals surface area contributed by atoms with E-state index in [4.69, 9.17) is 11.6 Å². The summed E-state index contributed by atoms with van der Waals surface area (Å²) < 4.78 is 0. The molecular formula is C10H11ClN2O2. The van der Waals surface area contributed by atoms with Crippen molar-refractivity contribution in [2.75, 3.05) is 13.1 Å². The molecule has 4 nitrogen and oxygen atoms in total. The Bertz CT molecular complexity index is 383. The molecule has 2 rings (SSSR count). The normalized spacial score (nSPS) is 20.6. The third-order valence-electron chi connectivity index (χ3n) is 2.45. The SMILES string of the molecule is O=C(c1ccncc1O)N1CCC(Cl)C1. The topological polar surface area (TPSA) is 53.4 Å². The lowest BCUT2D eigenvalue weighted by Crippen LogP contribution is -2.28. The van der Waals surface area contributed by atoms with Gasteiger partial charge in [0.25, 0.3) is 5.91 Å². The van der Waals surface area contributed by atoms with Crippen LogP contribution in [0, 0.1) is 0 Å². The van der Waals surface area contributed by atoms with E-state index in [-0.39, 0.29) is 22.6 Å². The Labute approximate surface area is 92.5 Å². The zero-order valence-corrected chi connectivity index (χ0v) is 8.81. The number of carbonyl (C=O) groups excluding carboxylic acids is 1. The maximum Gasteiger partial charge on any atom is 0.257 e. The van der Waals surface area contributed by atoms with E-state index in [1.165, 1.54) is 18.5 Å². The van der Waals surface area contributed by atoms with Gasteiger partial charge in [0.05, 0.1) is 17.1 Å². The first kappa shape index (κ1) is 10.2. The maximum absolute atomic E-state index is 11.9. The Morgan fingerprint density at radius 2 is 2.47 bits per heavy atom. The molecule has 80 valence electrons. The van der Waals surface area contributed by atoms with Crippen LogP contribution in [0.25, 0.3) is 0 Å². The molecule has 1 unspecified atom stereocenters. The summed E-state index contributed by atoms with van der Waals surface area (Å²) in [6.07, 6.45) is 3.56. The highest BCUT2D eigenvalue weighted by Gasteiger charge is 2.26. The smallest absolute Gasteiger partial charge is 0.257 e. The van der Waals surface area contributed by atoms with Gasteiger partial charge < -0.3 is 10.0 Å². The average Bonchev–Trinajstić information content (AvgIpc) is 2.65. The van der Waals surface area contributed by atoms with Crippen molar-refractivity contribution in [3.8, 4) is 5.75 Å². The fourth-order valence-electron chi connectivity index (χ4n) is 1.64. The zero-order valence-electron chi connectivity index (χ0n) is 8.06. The number of aromatic nitrogens is 1. The minimum Gasteiger partial charge on any atom is -0.505 e. The molecule has 0 aliphatic carbocycles. The van der Waals surface area contributed by atoms with Crippen LogP contribution >= 0.6 is 11.6 Å². The summed E-state index contributed by atoms with van der Waals surface area (Å²) in [5, 5.41) is 9.49. The molecule has 15 heavy (non-hydrogen) atoms. The largest absolute Gasteiger partial charge is 0.505 e. The summed E-state index contributed by atoms with van der Waals surface area (Å²) in [5.41, 5.74) is 0.288. The van der Waals surface area contributed by atoms with Crippen LogP contribution in [0.1, 0.15) is 16.8 Å². The van der Waals surface area contributed by atoms with Crippen molar-refractivity contribution >= 4 is 17.5 Å². The third kappa shape index (κ3) is 2.04. The van der Waals surface area contributed by atoms with E-state index < -0.39 is 0 Å². The maximum atomic E-state index is 11.9. The number of rotatable bonds is 1. The molecule has 1 aliphatic rings. The van der Waals surface area contributed by atoms with E-state index in [0.29, 0.717) is 13.1 Å². The van der Waals surface area contributed by atoms with Gasteiger partial charge in [-0.3, -0.25) is 9.78 Å². The lowest BCUT2D eigenvalue weighted by molar-refractivity contribution is 0.0790. The molecule has 1 aromatic rings. The average molecular weight is 227 g/mol. The molecule has 1 atom stereocenters. The van der Waals surface area contributed by atoms with Crippen LogP contribution in [-0.4, -0.2) is 39.4 Å². The van der Waals surface area contributed by atoms with Crippen molar-refractivity contribution in [2.45, 2.75) is 11.8 Å². The standard InChI is InChI=1S/C10H11ClN2O2/c11-7-2-4-13(6-7)10(15)8-1-3-12-5-9(8)14/h1,3,5,7,14H,2,4,6H2. The minimum absolute atomic E-state index is 0.0259. The van der Waals surface area contributed by atoms with Gasteiger partial charge in [-0.15, -0.1) is 11.6 Å². The van der Waals surface area contributed by atoms with E-state index in [1.807, 2.05) is 0 Å². The lowest BCUT2D eigenvalue weighted by Gasteiger charge is -2.15. The molecule has 1 amide bonds. The molecule has 2 heterocycles. The summed E-state index contributed by atoms with van der Waals surface area (Å²) >= 11 is 5.91. The minimum atomic E-state index is -0.182. The molecule has 0 bridgehead atoms. The molecule has 1 N–H and O–H groups in total. The molecule has 1 aromatic heterocycles. The fraction of sp³-hybridized carbons (Fsp3) is 0.400. The lowest BCUT2D eigenvalue weighted by atomic mass is 10.2. The molecule has 0 saturated carbocycles. The Hall–Kier alpha value is -1.29. The number of alkyl halides is 1. The number of hydrogen-bond acceptors (Lipinski definition) is 3. The summed E-state index contributed by atoms with van der Waals surface area (Å²) in [7, 11) is 0. The van der Waals surface area contributed by atoms with Gasteiger partial charge in [-0.05, 0) is 12.5 Å². The second-order valence-corrected chi connectivity index (χ2v) is 4.15. The highest BCUT2D eigenvalue weighted by atomic mass is 35.5. The first-order chi connectivity index (χ1) is 7.18. The molecule has 0 aromatic carbocycles. The van der Waals surface area contributed by atoms with Crippen molar-refractivity contribution in [3.05, 3.63) is 24.0 Å². The Morgan fingerprint density at radius 1 is 1.67 bits per heavy atom. The highest BCUT2D eigenvalue weighted by Crippen LogP contribution is 2.21. The van der Waals surface area contributed by atoms with Gasteiger partial charge in [0.1, 0.15) is 5.75 Å². The number of likely N-dealkylation sites (tertiary alicyclic amines) is 1. The molecule has 0 radical (unpaired) electrons. The Balaban J connectivity index is 2.18. The zero-order chi connectivity index (χ0) is 10.8. The van der Waals surface area contributed by atoms with E-state index in [0.717, 1.165) is 6.42 Å². The van der Waals surface area contributed by atoms with E-state index in [2.05, 4.69) is 4.98 Å². The quantitative estimate of drug-likeness (QED) is 0.733. The van der Waals surface area contributed by atoms with Crippen molar-refractivity contribution in [3.63, 3.8) is 0 Å². The van der Waals surface area contributed by atoms with Crippen molar-refractivity contribution in [1.29, 1.82) is 0 Å². The second kappa shape index (κ2) is 4.06. The fourth-order valence-corrected chi connectivity index (χ4v) is 1.90. The predicted molar refractivity (Wildman–Crippen MR) is 56.1 cm³/mol. The summed E-state index contributed by atoms with van der Waals surface area (Å²) in [6.45, 7) is 1.19.